The lowest BCUT2D eigenvalue weighted by Gasteiger charge is -2.07. The predicted molar refractivity (Wildman–Crippen MR) is 127 cm³/mol. The maximum atomic E-state index is 9.57. The highest BCUT2D eigenvalue weighted by molar-refractivity contribution is 5.21. The Balaban J connectivity index is -0.000000398. The summed E-state index contributed by atoms with van der Waals surface area (Å²) in [6.45, 7) is 20.2. The molecule has 0 radical (unpaired) electrons. The molecule has 1 unspecified atom stereocenters. The summed E-state index contributed by atoms with van der Waals surface area (Å²) in [6, 6.07) is 0. The second kappa shape index (κ2) is 28.8. The third kappa shape index (κ3) is 29.0. The molecule has 0 fully saturated rings. The van der Waals surface area contributed by atoms with Crippen molar-refractivity contribution in [1.29, 1.82) is 0 Å². The van der Waals surface area contributed by atoms with Crippen molar-refractivity contribution < 1.29 is 5.11 Å². The number of allylic oxidation sites excluding steroid dienone is 4. The van der Waals surface area contributed by atoms with Crippen molar-refractivity contribution in [3.05, 3.63) is 73.7 Å². The van der Waals surface area contributed by atoms with Crippen molar-refractivity contribution in [1.82, 2.24) is 10.6 Å². The van der Waals surface area contributed by atoms with Gasteiger partial charge in [0, 0.05) is 19.3 Å². The fourth-order valence-corrected chi connectivity index (χ4v) is 1.59. The molecule has 0 bridgehead atoms. The molecule has 0 aromatic heterocycles. The Labute approximate surface area is 170 Å². The Bertz CT molecular complexity index is 420. The molecule has 0 aromatic carbocycles. The van der Waals surface area contributed by atoms with E-state index in [1.165, 1.54) is 6.42 Å². The lowest BCUT2D eigenvalue weighted by Crippen LogP contribution is -2.11. The Kier molecular flexibility index (Phi) is 34.8. The van der Waals surface area contributed by atoms with Gasteiger partial charge < -0.3 is 15.7 Å². The molecule has 0 aromatic rings. The molecular formula is C24H46N2O. The number of nitrogens with one attached hydrogen (secondary N) is 2. The summed E-state index contributed by atoms with van der Waals surface area (Å²) in [7, 11) is 1.91. The number of rotatable bonds is 12. The van der Waals surface area contributed by atoms with Crippen LogP contribution in [0.4, 0.5) is 0 Å². The third-order valence-electron chi connectivity index (χ3n) is 2.73. The number of aliphatic hydroxyl groups excluding tert-OH is 1. The summed E-state index contributed by atoms with van der Waals surface area (Å²) >= 11 is 0. The molecule has 0 saturated heterocycles. The number of hydrogen-bond donors (Lipinski definition) is 3. The normalized spacial score (nSPS) is 11.3. The van der Waals surface area contributed by atoms with E-state index in [0.29, 0.717) is 13.0 Å². The third-order valence-corrected chi connectivity index (χ3v) is 2.73. The summed E-state index contributed by atoms with van der Waals surface area (Å²) in [4.78, 5) is 0. The van der Waals surface area contributed by atoms with Crippen LogP contribution in [-0.2, 0) is 0 Å². The minimum Gasteiger partial charge on any atom is -0.391 e. The molecule has 0 amide bonds. The highest BCUT2D eigenvalue weighted by Crippen LogP contribution is 2.05. The molecule has 0 spiro atoms. The van der Waals surface area contributed by atoms with Crippen molar-refractivity contribution in [3.8, 4) is 0 Å². The summed E-state index contributed by atoms with van der Waals surface area (Å²) < 4.78 is 0. The van der Waals surface area contributed by atoms with Gasteiger partial charge in [-0.05, 0) is 37.1 Å². The molecule has 0 heterocycles. The minimum absolute atomic E-state index is 0. The molecule has 3 heteroatoms. The second-order valence-corrected chi connectivity index (χ2v) is 5.32. The lowest BCUT2D eigenvalue weighted by molar-refractivity contribution is 0.227. The maximum absolute atomic E-state index is 9.57. The van der Waals surface area contributed by atoms with Gasteiger partial charge in [0.25, 0.3) is 0 Å². The smallest absolute Gasteiger partial charge is 0.0759 e. The van der Waals surface area contributed by atoms with E-state index in [9.17, 15) is 5.11 Å². The summed E-state index contributed by atoms with van der Waals surface area (Å²) in [5.41, 5.74) is 2.15. The summed E-state index contributed by atoms with van der Waals surface area (Å²) in [5, 5.41) is 15.9. The number of aliphatic hydroxyl groups is 1. The van der Waals surface area contributed by atoms with E-state index in [1.54, 1.807) is 18.2 Å². The monoisotopic (exact) mass is 378 g/mol. The van der Waals surface area contributed by atoms with Gasteiger partial charge in [-0.1, -0.05) is 85.1 Å². The molecule has 158 valence electrons. The van der Waals surface area contributed by atoms with E-state index in [1.807, 2.05) is 45.3 Å². The first-order valence-corrected chi connectivity index (χ1v) is 9.58. The van der Waals surface area contributed by atoms with Gasteiger partial charge in [-0.3, -0.25) is 0 Å². The molecule has 27 heavy (non-hydrogen) atoms. The van der Waals surface area contributed by atoms with Gasteiger partial charge >= 0.3 is 0 Å². The molecule has 0 rings (SSSR count). The number of hydrogen-bond acceptors (Lipinski definition) is 3. The average Bonchev–Trinajstić information content (AvgIpc) is 2.65. The van der Waals surface area contributed by atoms with Crippen LogP contribution in [0.25, 0.3) is 0 Å². The summed E-state index contributed by atoms with van der Waals surface area (Å²) in [5.74, 6) is 0. The first-order chi connectivity index (χ1) is 12.5. The molecule has 1 atom stereocenters. The fraction of sp³-hybridized carbons (Fsp3) is 0.500. The van der Waals surface area contributed by atoms with Gasteiger partial charge in [0.05, 0.1) is 6.10 Å². The fourth-order valence-electron chi connectivity index (χ4n) is 1.59. The zero-order chi connectivity index (χ0) is 20.6. The van der Waals surface area contributed by atoms with Crippen LogP contribution in [0.3, 0.4) is 0 Å². The second-order valence-electron chi connectivity index (χ2n) is 5.32. The Morgan fingerprint density at radius 3 is 2.26 bits per heavy atom. The van der Waals surface area contributed by atoms with Crippen molar-refractivity contribution in [2.24, 2.45) is 0 Å². The zero-order valence-corrected chi connectivity index (χ0v) is 17.7. The highest BCUT2D eigenvalue weighted by atomic mass is 16.3. The first-order valence-electron chi connectivity index (χ1n) is 9.58. The van der Waals surface area contributed by atoms with Crippen LogP contribution in [0.15, 0.2) is 73.7 Å². The van der Waals surface area contributed by atoms with Gasteiger partial charge in [-0.25, -0.2) is 0 Å². The van der Waals surface area contributed by atoms with E-state index in [2.05, 4.69) is 44.2 Å². The van der Waals surface area contributed by atoms with E-state index >= 15 is 0 Å². The van der Waals surface area contributed by atoms with E-state index < -0.39 is 6.10 Å². The van der Waals surface area contributed by atoms with Crippen molar-refractivity contribution in [2.45, 2.75) is 66.9 Å². The van der Waals surface area contributed by atoms with Gasteiger partial charge in [0.15, 0.2) is 0 Å². The minimum atomic E-state index is -0.473. The van der Waals surface area contributed by atoms with E-state index in [4.69, 9.17) is 0 Å². The van der Waals surface area contributed by atoms with Crippen molar-refractivity contribution in [2.75, 3.05) is 13.6 Å². The standard InChI is InChI=1S/C18H28N2O.C3H8.C2H6.CH4/c1-5-7-10-17(19-4)14-16(3)15-20-13-9-12-18(21)11-8-6-2;1-3-2;1-2;/h5-6,8-9,11,13-14,18-21H,1-3,7,10,12,15H2,4H3;3H2,1-2H3;1-2H3;1H4/b11-8+,13-9+,17-14-;;;. The predicted octanol–water partition coefficient (Wildman–Crippen LogP) is 6.29. The van der Waals surface area contributed by atoms with Crippen LogP contribution in [-0.4, -0.2) is 24.8 Å². The van der Waals surface area contributed by atoms with Gasteiger partial charge in [0.2, 0.25) is 0 Å². The summed E-state index contributed by atoms with van der Waals surface area (Å²) in [6.07, 6.45) is 16.0. The van der Waals surface area contributed by atoms with E-state index in [-0.39, 0.29) is 7.43 Å². The quantitative estimate of drug-likeness (QED) is 0.276. The topological polar surface area (TPSA) is 44.3 Å². The van der Waals surface area contributed by atoms with Crippen LogP contribution in [0.5, 0.6) is 0 Å². The molecule has 0 aliphatic heterocycles. The molecule has 3 N–H and O–H groups in total. The molecular weight excluding hydrogens is 332 g/mol. The van der Waals surface area contributed by atoms with Crippen LogP contribution < -0.4 is 10.6 Å². The Morgan fingerprint density at radius 2 is 1.78 bits per heavy atom. The zero-order valence-electron chi connectivity index (χ0n) is 17.7. The molecule has 3 nitrogen and oxygen atoms in total. The van der Waals surface area contributed by atoms with Crippen LogP contribution in [0.2, 0.25) is 0 Å². The lowest BCUT2D eigenvalue weighted by atomic mass is 10.1. The first kappa shape index (κ1) is 32.7. The average molecular weight is 379 g/mol. The van der Waals surface area contributed by atoms with Crippen LogP contribution in [0.1, 0.15) is 60.8 Å². The van der Waals surface area contributed by atoms with Crippen LogP contribution in [0, 0.1) is 0 Å². The van der Waals surface area contributed by atoms with Crippen molar-refractivity contribution in [3.63, 3.8) is 0 Å². The van der Waals surface area contributed by atoms with Gasteiger partial charge in [0.1, 0.15) is 0 Å². The van der Waals surface area contributed by atoms with Gasteiger partial charge in [-0.15, -0.1) is 6.58 Å². The molecule has 0 saturated carbocycles. The largest absolute Gasteiger partial charge is 0.391 e. The maximum Gasteiger partial charge on any atom is 0.0759 e. The van der Waals surface area contributed by atoms with Crippen LogP contribution >= 0.6 is 0 Å². The highest BCUT2D eigenvalue weighted by Gasteiger charge is 1.95. The molecule has 0 aliphatic carbocycles. The SMILES string of the molecule is C.C=C/C=C/C(O)C/C=C/NCC(=C)/C=C(/CCC=C)NC.CC.CCC. The Morgan fingerprint density at radius 1 is 1.19 bits per heavy atom. The van der Waals surface area contributed by atoms with Gasteiger partial charge in [-0.2, -0.15) is 0 Å². The van der Waals surface area contributed by atoms with Crippen molar-refractivity contribution >= 4 is 0 Å². The Hall–Kier alpha value is -2.00. The molecule has 0 aliphatic rings. The van der Waals surface area contributed by atoms with E-state index in [0.717, 1.165) is 24.1 Å².